The lowest BCUT2D eigenvalue weighted by atomic mass is 10.0. The van der Waals surface area contributed by atoms with Gasteiger partial charge in [-0.25, -0.2) is 0 Å². The first-order valence-corrected chi connectivity index (χ1v) is 5.54. The first kappa shape index (κ1) is 12.9. The summed E-state index contributed by atoms with van der Waals surface area (Å²) in [7, 11) is 0. The van der Waals surface area contributed by atoms with Crippen molar-refractivity contribution < 1.29 is 14.3 Å². The summed E-state index contributed by atoms with van der Waals surface area (Å²) in [6.07, 6.45) is 0.607. The summed E-state index contributed by atoms with van der Waals surface area (Å²) in [4.78, 5) is 20.9. The molecule has 1 aromatic carbocycles. The van der Waals surface area contributed by atoms with E-state index in [-0.39, 0.29) is 18.9 Å². The van der Waals surface area contributed by atoms with E-state index in [1.165, 1.54) is 0 Å². The van der Waals surface area contributed by atoms with Gasteiger partial charge in [0.2, 0.25) is 0 Å². The van der Waals surface area contributed by atoms with Crippen LogP contribution in [0.1, 0.15) is 12.0 Å². The van der Waals surface area contributed by atoms with Gasteiger partial charge in [0.25, 0.3) is 0 Å². The van der Waals surface area contributed by atoms with Crippen LogP contribution in [0.15, 0.2) is 28.7 Å². The molecule has 1 aromatic rings. The van der Waals surface area contributed by atoms with Gasteiger partial charge in [0, 0.05) is 10.5 Å². The molecule has 5 heteroatoms. The molecule has 1 rings (SSSR count). The summed E-state index contributed by atoms with van der Waals surface area (Å²) < 4.78 is 5.15. The summed E-state index contributed by atoms with van der Waals surface area (Å²) >= 11 is 3.33. The van der Waals surface area contributed by atoms with Crippen molar-refractivity contribution in [3.8, 4) is 0 Å². The minimum absolute atomic E-state index is 0.0365. The highest BCUT2D eigenvalue weighted by atomic mass is 79.9. The maximum absolute atomic E-state index is 11.0. The molecule has 0 amide bonds. The van der Waals surface area contributed by atoms with E-state index in [1.54, 1.807) is 0 Å². The van der Waals surface area contributed by atoms with Crippen LogP contribution < -0.4 is 5.73 Å². The molecule has 0 bridgehead atoms. The van der Waals surface area contributed by atoms with Gasteiger partial charge in [0.05, 0.1) is 6.42 Å². The van der Waals surface area contributed by atoms with E-state index in [4.69, 9.17) is 5.73 Å². The Kier molecular flexibility index (Phi) is 5.14. The molecule has 1 unspecified atom stereocenters. The van der Waals surface area contributed by atoms with Crippen molar-refractivity contribution in [3.05, 3.63) is 34.3 Å². The van der Waals surface area contributed by atoms with Crippen LogP contribution in [-0.2, 0) is 20.7 Å². The molecule has 0 aliphatic heterocycles. The third-order valence-corrected chi connectivity index (χ3v) is 2.55. The van der Waals surface area contributed by atoms with E-state index in [1.807, 2.05) is 24.3 Å². The molecular weight excluding hydrogens is 274 g/mol. The summed E-state index contributed by atoms with van der Waals surface area (Å²) in [6, 6.07) is 7.33. The number of carbonyl (C=O) groups excluding carboxylic acids is 2. The lowest BCUT2D eigenvalue weighted by molar-refractivity contribution is -0.151. The minimum Gasteiger partial charge on any atom is -0.395 e. The maximum Gasteiger partial charge on any atom is 0.314 e. The molecule has 0 saturated heterocycles. The fourth-order valence-electron chi connectivity index (χ4n) is 1.31. The second kappa shape index (κ2) is 6.40. The minimum atomic E-state index is -0.598. The highest BCUT2D eigenvalue weighted by molar-refractivity contribution is 9.10. The molecular formula is C11H12BrNO3. The summed E-state index contributed by atoms with van der Waals surface area (Å²) in [5, 5.41) is 0. The SMILES string of the molecule is NC(CC(=O)OC=O)Cc1ccc(Br)cc1. The van der Waals surface area contributed by atoms with E-state index >= 15 is 0 Å². The first-order chi connectivity index (χ1) is 7.61. The summed E-state index contributed by atoms with van der Waals surface area (Å²) in [6.45, 7) is 0.120. The van der Waals surface area contributed by atoms with E-state index < -0.39 is 5.97 Å². The Morgan fingerprint density at radius 1 is 1.44 bits per heavy atom. The predicted molar refractivity (Wildman–Crippen MR) is 62.6 cm³/mol. The monoisotopic (exact) mass is 285 g/mol. The van der Waals surface area contributed by atoms with Crippen LogP contribution >= 0.6 is 15.9 Å². The van der Waals surface area contributed by atoms with Gasteiger partial charge in [-0.2, -0.15) is 0 Å². The number of nitrogens with two attached hydrogens (primary N) is 1. The molecule has 0 aromatic heterocycles. The Hall–Kier alpha value is -1.20. The standard InChI is InChI=1S/C11H12BrNO3/c12-9-3-1-8(2-4-9)5-10(13)6-11(15)16-7-14/h1-4,7,10H,5-6,13H2. The topological polar surface area (TPSA) is 69.4 Å². The van der Waals surface area contributed by atoms with Crippen LogP contribution in [-0.4, -0.2) is 18.5 Å². The second-order valence-corrected chi connectivity index (χ2v) is 4.30. The Labute approximate surface area is 102 Å². The van der Waals surface area contributed by atoms with Crippen molar-refractivity contribution >= 4 is 28.4 Å². The van der Waals surface area contributed by atoms with E-state index in [9.17, 15) is 9.59 Å². The average molecular weight is 286 g/mol. The fraction of sp³-hybridized carbons (Fsp3) is 0.273. The van der Waals surface area contributed by atoms with Crippen molar-refractivity contribution in [1.82, 2.24) is 0 Å². The third kappa shape index (κ3) is 4.55. The lowest BCUT2D eigenvalue weighted by Gasteiger charge is -2.09. The molecule has 86 valence electrons. The van der Waals surface area contributed by atoms with Crippen molar-refractivity contribution in [3.63, 3.8) is 0 Å². The molecule has 0 saturated carbocycles. The number of halogens is 1. The smallest absolute Gasteiger partial charge is 0.314 e. The van der Waals surface area contributed by atoms with Crippen LogP contribution in [0.25, 0.3) is 0 Å². The molecule has 4 nitrogen and oxygen atoms in total. The van der Waals surface area contributed by atoms with Crippen molar-refractivity contribution in [1.29, 1.82) is 0 Å². The molecule has 2 N–H and O–H groups in total. The zero-order valence-corrected chi connectivity index (χ0v) is 10.1. The van der Waals surface area contributed by atoms with Gasteiger partial charge in [0.1, 0.15) is 0 Å². The molecule has 0 heterocycles. The number of esters is 1. The van der Waals surface area contributed by atoms with Crippen LogP contribution in [0.3, 0.4) is 0 Å². The summed E-state index contributed by atoms with van der Waals surface area (Å²) in [5.74, 6) is -0.598. The van der Waals surface area contributed by atoms with Gasteiger partial charge in [0.15, 0.2) is 0 Å². The number of ether oxygens (including phenoxy) is 1. The van der Waals surface area contributed by atoms with Crippen LogP contribution in [0.2, 0.25) is 0 Å². The van der Waals surface area contributed by atoms with E-state index in [0.717, 1.165) is 10.0 Å². The van der Waals surface area contributed by atoms with Crippen LogP contribution in [0.5, 0.6) is 0 Å². The molecule has 0 spiro atoms. The second-order valence-electron chi connectivity index (χ2n) is 3.38. The number of carbonyl (C=O) groups is 2. The number of benzene rings is 1. The van der Waals surface area contributed by atoms with Crippen LogP contribution in [0, 0.1) is 0 Å². The van der Waals surface area contributed by atoms with Crippen molar-refractivity contribution in [2.45, 2.75) is 18.9 Å². The van der Waals surface area contributed by atoms with Crippen LogP contribution in [0.4, 0.5) is 0 Å². The Morgan fingerprint density at radius 3 is 2.62 bits per heavy atom. The largest absolute Gasteiger partial charge is 0.395 e. The molecule has 0 fully saturated rings. The summed E-state index contributed by atoms with van der Waals surface area (Å²) in [5.41, 5.74) is 6.78. The van der Waals surface area contributed by atoms with E-state index in [2.05, 4.69) is 20.7 Å². The van der Waals surface area contributed by atoms with Gasteiger partial charge in [-0.15, -0.1) is 0 Å². The van der Waals surface area contributed by atoms with Crippen molar-refractivity contribution in [2.24, 2.45) is 5.73 Å². The van der Waals surface area contributed by atoms with Gasteiger partial charge >= 0.3 is 12.4 Å². The highest BCUT2D eigenvalue weighted by Gasteiger charge is 2.11. The molecule has 0 radical (unpaired) electrons. The normalized spacial score (nSPS) is 11.9. The zero-order chi connectivity index (χ0) is 12.0. The number of hydrogen-bond acceptors (Lipinski definition) is 4. The van der Waals surface area contributed by atoms with Gasteiger partial charge in [-0.1, -0.05) is 28.1 Å². The number of rotatable bonds is 5. The van der Waals surface area contributed by atoms with Gasteiger partial charge < -0.3 is 10.5 Å². The molecule has 0 aliphatic carbocycles. The van der Waals surface area contributed by atoms with Crippen molar-refractivity contribution in [2.75, 3.05) is 0 Å². The molecule has 16 heavy (non-hydrogen) atoms. The molecule has 1 atom stereocenters. The highest BCUT2D eigenvalue weighted by Crippen LogP contribution is 2.12. The quantitative estimate of drug-likeness (QED) is 0.505. The Bertz CT molecular complexity index is 364. The number of hydrogen-bond donors (Lipinski definition) is 1. The van der Waals surface area contributed by atoms with E-state index in [0.29, 0.717) is 6.42 Å². The fourth-order valence-corrected chi connectivity index (χ4v) is 1.58. The Morgan fingerprint density at radius 2 is 2.06 bits per heavy atom. The maximum atomic E-state index is 11.0. The average Bonchev–Trinajstić information content (AvgIpc) is 2.21. The Balaban J connectivity index is 2.44. The van der Waals surface area contributed by atoms with Gasteiger partial charge in [-0.05, 0) is 24.1 Å². The predicted octanol–water partition coefficient (Wildman–Crippen LogP) is 1.41. The first-order valence-electron chi connectivity index (χ1n) is 4.75. The lowest BCUT2D eigenvalue weighted by Crippen LogP contribution is -2.27. The zero-order valence-electron chi connectivity index (χ0n) is 8.56. The van der Waals surface area contributed by atoms with Gasteiger partial charge in [-0.3, -0.25) is 9.59 Å². The third-order valence-electron chi connectivity index (χ3n) is 2.02. The molecule has 0 aliphatic rings.